The van der Waals surface area contributed by atoms with Crippen molar-refractivity contribution in [3.63, 3.8) is 0 Å². The zero-order valence-electron chi connectivity index (χ0n) is 70.9. The summed E-state index contributed by atoms with van der Waals surface area (Å²) in [6, 6.07) is 0. The molecule has 588 valence electrons. The van der Waals surface area contributed by atoms with Crippen molar-refractivity contribution in [1.29, 1.82) is 0 Å². The van der Waals surface area contributed by atoms with Crippen molar-refractivity contribution in [2.75, 3.05) is 0 Å². The fraction of sp³-hybridized carbons (Fsp3) is 0.857. The van der Waals surface area contributed by atoms with Crippen LogP contribution < -0.4 is 0 Å². The van der Waals surface area contributed by atoms with Crippen molar-refractivity contribution in [2.45, 2.75) is 398 Å². The van der Waals surface area contributed by atoms with Crippen molar-refractivity contribution >= 4 is 0 Å². The minimum atomic E-state index is 0.730. The van der Waals surface area contributed by atoms with Gasteiger partial charge < -0.3 is 0 Å². The van der Waals surface area contributed by atoms with Crippen LogP contribution in [0.2, 0.25) is 0 Å². The summed E-state index contributed by atoms with van der Waals surface area (Å²) in [5, 5.41) is 49.2. The average molecular weight is 1420 g/mol. The van der Waals surface area contributed by atoms with E-state index in [1.165, 1.54) is 188 Å². The minimum Gasteiger partial charge on any atom is -0.249 e. The van der Waals surface area contributed by atoms with E-state index in [1.807, 2.05) is 37.2 Å². The first-order chi connectivity index (χ1) is 48.6. The van der Waals surface area contributed by atoms with Gasteiger partial charge in [-0.25, -0.2) is 28.1 Å². The molecule has 0 fully saturated rings. The Labute approximate surface area is 627 Å². The van der Waals surface area contributed by atoms with Gasteiger partial charge in [0.1, 0.15) is 0 Å². The lowest BCUT2D eigenvalue weighted by Gasteiger charge is -2.08. The van der Waals surface area contributed by atoms with Crippen LogP contribution in [0.4, 0.5) is 0 Å². The second kappa shape index (κ2) is 59.0. The Balaban J connectivity index is 0.000000612. The van der Waals surface area contributed by atoms with Crippen molar-refractivity contribution in [3.8, 4) is 0 Å². The molecule has 0 bridgehead atoms. The Morgan fingerprint density at radius 2 is 0.353 bits per heavy atom. The molecule has 0 saturated carbocycles. The standard InChI is InChI=1S/6C14H27N3/c2*1-12(2)7-5-9-14-11-15-16-17(14)10-6-8-13(3)4;2*1-12(2)7-5-6-10-17-14(11-15-16-17)9-8-13(3)4;2*1-12(2)7-5-6-8-14-11-15-16-17(14)10-9-13(3)4/h6*11-13H,5-10H2,1-4H3. The molecule has 18 nitrogen and oxygen atoms in total. The normalized spacial score (nSPS) is 11.6. The third kappa shape index (κ3) is 51.9. The molecule has 0 spiro atoms. The van der Waals surface area contributed by atoms with Gasteiger partial charge in [0.25, 0.3) is 0 Å². The summed E-state index contributed by atoms with van der Waals surface area (Å²) in [6.07, 6.45) is 48.5. The third-order valence-electron chi connectivity index (χ3n) is 18.4. The minimum absolute atomic E-state index is 0.730. The van der Waals surface area contributed by atoms with Gasteiger partial charge in [0.05, 0.1) is 71.3 Å². The second-order valence-corrected chi connectivity index (χ2v) is 34.6. The highest BCUT2D eigenvalue weighted by Gasteiger charge is 2.12. The van der Waals surface area contributed by atoms with Crippen molar-refractivity contribution < 1.29 is 0 Å². The number of nitrogens with zero attached hydrogens (tertiary/aromatic N) is 18. The van der Waals surface area contributed by atoms with Crippen LogP contribution in [0.5, 0.6) is 0 Å². The van der Waals surface area contributed by atoms with Gasteiger partial charge in [0, 0.05) is 39.3 Å². The zero-order chi connectivity index (χ0) is 76.0. The highest BCUT2D eigenvalue weighted by molar-refractivity contribution is 4.98. The van der Waals surface area contributed by atoms with Gasteiger partial charge >= 0.3 is 0 Å². The topological polar surface area (TPSA) is 184 Å². The maximum absolute atomic E-state index is 4.18. The summed E-state index contributed by atoms with van der Waals surface area (Å²) < 4.78 is 12.5. The first-order valence-corrected chi connectivity index (χ1v) is 41.8. The molecular weight excluding hydrogens is 1260 g/mol. The van der Waals surface area contributed by atoms with Gasteiger partial charge in [0.2, 0.25) is 0 Å². The van der Waals surface area contributed by atoms with E-state index in [-0.39, 0.29) is 0 Å². The molecule has 0 N–H and O–H groups in total. The van der Waals surface area contributed by atoms with Gasteiger partial charge in [-0.1, -0.05) is 262 Å². The monoisotopic (exact) mass is 1420 g/mol. The Morgan fingerprint density at radius 1 is 0.176 bits per heavy atom. The van der Waals surface area contributed by atoms with Gasteiger partial charge in [-0.15, -0.1) is 30.6 Å². The Morgan fingerprint density at radius 3 is 0.588 bits per heavy atom. The SMILES string of the molecule is CC(C)CCCCc1cnnn1CCC(C)C.CC(C)CCCCc1cnnn1CCC(C)C.CC(C)CCCCn1nncc1CCC(C)C.CC(C)CCCCn1nncc1CCC(C)C.CC(C)CCCc1cnnn1CCCC(C)C.CC(C)CCCc1cnnn1CCCC(C)C. The summed E-state index contributed by atoms with van der Waals surface area (Å²) in [7, 11) is 0. The van der Waals surface area contributed by atoms with E-state index >= 15 is 0 Å². The molecular formula is C84H162N18. The number of hydrogen-bond acceptors (Lipinski definition) is 12. The third-order valence-corrected chi connectivity index (χ3v) is 18.4. The van der Waals surface area contributed by atoms with E-state index in [0.717, 1.165) is 149 Å². The van der Waals surface area contributed by atoms with Crippen LogP contribution >= 0.6 is 0 Å². The second-order valence-electron chi connectivity index (χ2n) is 34.6. The largest absolute Gasteiger partial charge is 0.249 e. The molecule has 6 rings (SSSR count). The molecule has 0 amide bonds. The van der Waals surface area contributed by atoms with Crippen LogP contribution in [-0.2, 0) is 77.8 Å². The summed E-state index contributed by atoms with van der Waals surface area (Å²) >= 11 is 0. The fourth-order valence-corrected chi connectivity index (χ4v) is 11.6. The van der Waals surface area contributed by atoms with Crippen LogP contribution in [0.25, 0.3) is 0 Å². The lowest BCUT2D eigenvalue weighted by atomic mass is 10.0. The zero-order valence-corrected chi connectivity index (χ0v) is 70.9. The fourth-order valence-electron chi connectivity index (χ4n) is 11.6. The van der Waals surface area contributed by atoms with E-state index in [9.17, 15) is 0 Å². The van der Waals surface area contributed by atoms with Gasteiger partial charge in [-0.05, 0) is 199 Å². The summed E-state index contributed by atoms with van der Waals surface area (Å²) in [5.74, 6) is 9.36. The van der Waals surface area contributed by atoms with Crippen molar-refractivity contribution in [3.05, 3.63) is 71.3 Å². The van der Waals surface area contributed by atoms with Crippen LogP contribution in [0.3, 0.4) is 0 Å². The van der Waals surface area contributed by atoms with Crippen LogP contribution in [-0.4, -0.2) is 90.0 Å². The first-order valence-electron chi connectivity index (χ1n) is 41.8. The lowest BCUT2D eigenvalue weighted by molar-refractivity contribution is 0.461. The highest BCUT2D eigenvalue weighted by Crippen LogP contribution is 2.18. The molecule has 0 aliphatic carbocycles. The molecule has 18 heteroatoms. The summed E-state index contributed by atoms with van der Waals surface area (Å²) in [6.45, 7) is 60.6. The molecule has 6 aromatic rings. The molecule has 0 aliphatic heterocycles. The summed E-state index contributed by atoms with van der Waals surface area (Å²) in [4.78, 5) is 0. The maximum atomic E-state index is 4.18. The van der Waals surface area contributed by atoms with E-state index < -0.39 is 0 Å². The first kappa shape index (κ1) is 94.9. The molecule has 0 aromatic carbocycles. The predicted octanol–water partition coefficient (Wildman–Crippen LogP) is 22.2. The molecule has 102 heavy (non-hydrogen) atoms. The van der Waals surface area contributed by atoms with Crippen molar-refractivity contribution in [2.24, 2.45) is 71.0 Å². The van der Waals surface area contributed by atoms with Crippen molar-refractivity contribution in [1.82, 2.24) is 90.0 Å². The maximum Gasteiger partial charge on any atom is 0.0725 e. The molecule has 0 aliphatic rings. The highest BCUT2D eigenvalue weighted by atomic mass is 15.4. The number of aryl methyl sites for hydroxylation is 12. The smallest absolute Gasteiger partial charge is 0.0725 e. The molecule has 0 atom stereocenters. The van der Waals surface area contributed by atoms with E-state index in [0.29, 0.717) is 0 Å². The number of aromatic nitrogens is 18. The number of rotatable bonds is 48. The predicted molar refractivity (Wildman–Crippen MR) is 431 cm³/mol. The van der Waals surface area contributed by atoms with Gasteiger partial charge in [-0.2, -0.15) is 0 Å². The van der Waals surface area contributed by atoms with Gasteiger partial charge in [-0.3, -0.25) is 0 Å². The van der Waals surface area contributed by atoms with Crippen LogP contribution in [0.15, 0.2) is 37.2 Å². The quantitative estimate of drug-likeness (QED) is 0.0330. The van der Waals surface area contributed by atoms with Crippen LogP contribution in [0.1, 0.15) is 354 Å². The lowest BCUT2D eigenvalue weighted by Crippen LogP contribution is -2.07. The van der Waals surface area contributed by atoms with Crippen LogP contribution in [0, 0.1) is 71.0 Å². The molecule has 0 radical (unpaired) electrons. The van der Waals surface area contributed by atoms with E-state index in [2.05, 4.69) is 256 Å². The van der Waals surface area contributed by atoms with Gasteiger partial charge in [0.15, 0.2) is 0 Å². The Bertz CT molecular complexity index is 2410. The molecule has 6 aromatic heterocycles. The Hall–Kier alpha value is -5.16. The molecule has 0 unspecified atom stereocenters. The van der Waals surface area contributed by atoms with E-state index in [1.54, 1.807) is 0 Å². The van der Waals surface area contributed by atoms with E-state index in [4.69, 9.17) is 0 Å². The number of unbranched alkanes of at least 4 members (excludes halogenated alkanes) is 4. The summed E-state index contributed by atoms with van der Waals surface area (Å²) in [5.41, 5.74) is 7.79. The molecule has 6 heterocycles. The molecule has 0 saturated heterocycles. The average Bonchev–Trinajstić information content (AvgIpc) is 1.82. The number of hydrogen-bond donors (Lipinski definition) is 0. The Kier molecular flexibility index (Phi) is 54.9.